The summed E-state index contributed by atoms with van der Waals surface area (Å²) < 4.78 is 10.8. The first kappa shape index (κ1) is 24.5. The molecule has 1 spiro atoms. The summed E-state index contributed by atoms with van der Waals surface area (Å²) in [4.78, 5) is 43.7. The van der Waals surface area contributed by atoms with Gasteiger partial charge < -0.3 is 24.4 Å². The lowest BCUT2D eigenvalue weighted by atomic mass is 9.82. The number of nitrogens with zero attached hydrogens (tertiary/aromatic N) is 2. The number of rotatable bonds is 9. The predicted octanol–water partition coefficient (Wildman–Crippen LogP) is 3.45. The molecule has 2 aliphatic heterocycles. The fourth-order valence-electron chi connectivity index (χ4n) is 4.92. The van der Waals surface area contributed by atoms with E-state index in [2.05, 4.69) is 0 Å². The number of methoxy groups -OCH3 is 1. The Kier molecular flexibility index (Phi) is 6.93. The maximum absolute atomic E-state index is 14.1. The highest BCUT2D eigenvalue weighted by molar-refractivity contribution is 6.50. The number of benzene rings is 2. The molecule has 1 unspecified atom stereocenters. The Labute approximate surface area is 204 Å². The highest BCUT2D eigenvalue weighted by Crippen LogP contribution is 2.53. The van der Waals surface area contributed by atoms with Gasteiger partial charge in [-0.2, -0.15) is 0 Å². The monoisotopic (exact) mass is 478 g/mol. The highest BCUT2D eigenvalue weighted by Gasteiger charge is 2.66. The third-order valence-corrected chi connectivity index (χ3v) is 6.46. The smallest absolute Gasteiger partial charge is 0.296 e. The average molecular weight is 479 g/mol. The molecule has 0 aromatic heterocycles. The van der Waals surface area contributed by atoms with Crippen LogP contribution in [0.3, 0.4) is 0 Å². The van der Waals surface area contributed by atoms with Crippen LogP contribution in [-0.2, 0) is 24.7 Å². The quantitative estimate of drug-likeness (QED) is 0.257. The number of aliphatic hydroxyl groups excluding tert-OH is 1. The van der Waals surface area contributed by atoms with Crippen molar-refractivity contribution >= 4 is 29.0 Å². The lowest BCUT2D eigenvalue weighted by molar-refractivity contribution is -0.143. The van der Waals surface area contributed by atoms with Crippen LogP contribution in [0.5, 0.6) is 5.75 Å². The summed E-state index contributed by atoms with van der Waals surface area (Å²) >= 11 is 0. The van der Waals surface area contributed by atoms with Gasteiger partial charge in [0.2, 0.25) is 0 Å². The van der Waals surface area contributed by atoms with E-state index in [-0.39, 0.29) is 17.9 Å². The first-order chi connectivity index (χ1) is 16.9. The van der Waals surface area contributed by atoms with E-state index in [0.29, 0.717) is 48.7 Å². The molecular formula is C27H30N2O6. The number of para-hydroxylation sites is 1. The second-order valence-corrected chi connectivity index (χ2v) is 8.51. The largest absolute Gasteiger partial charge is 0.507 e. The first-order valence-electron chi connectivity index (χ1n) is 11.9. The summed E-state index contributed by atoms with van der Waals surface area (Å²) in [6, 6.07) is 13.7. The molecule has 2 aromatic carbocycles. The molecule has 8 heteroatoms. The van der Waals surface area contributed by atoms with E-state index in [0.717, 1.165) is 6.42 Å². The molecule has 2 aliphatic rings. The van der Waals surface area contributed by atoms with Gasteiger partial charge in [-0.25, -0.2) is 0 Å². The Hall–Kier alpha value is -3.65. The van der Waals surface area contributed by atoms with Gasteiger partial charge in [-0.1, -0.05) is 25.1 Å². The summed E-state index contributed by atoms with van der Waals surface area (Å²) in [6.07, 6.45) is 1.28. The number of amides is 2. The van der Waals surface area contributed by atoms with Crippen LogP contribution in [0.4, 0.5) is 5.69 Å². The van der Waals surface area contributed by atoms with Crippen LogP contribution >= 0.6 is 0 Å². The molecule has 1 saturated heterocycles. The molecular weight excluding hydrogens is 448 g/mol. The summed E-state index contributed by atoms with van der Waals surface area (Å²) in [6.45, 7) is 5.21. The predicted molar refractivity (Wildman–Crippen MR) is 131 cm³/mol. The van der Waals surface area contributed by atoms with Crippen molar-refractivity contribution in [1.82, 2.24) is 4.90 Å². The molecule has 0 saturated carbocycles. The molecule has 0 aliphatic carbocycles. The molecule has 184 valence electrons. The number of Topliss-reactive ketones (excluding diaryl/α,β-unsaturated/α-hetero) is 1. The van der Waals surface area contributed by atoms with Crippen molar-refractivity contribution < 1.29 is 29.0 Å². The maximum atomic E-state index is 14.1. The van der Waals surface area contributed by atoms with Gasteiger partial charge in [-0.15, -0.1) is 0 Å². The van der Waals surface area contributed by atoms with Gasteiger partial charge in [0, 0.05) is 37.9 Å². The lowest BCUT2D eigenvalue weighted by Crippen LogP contribution is -2.52. The normalized spacial score (nSPS) is 20.7. The molecule has 35 heavy (non-hydrogen) atoms. The van der Waals surface area contributed by atoms with E-state index in [1.165, 1.54) is 4.90 Å². The van der Waals surface area contributed by atoms with Gasteiger partial charge in [0.25, 0.3) is 17.6 Å². The zero-order valence-electron chi connectivity index (χ0n) is 20.2. The molecule has 0 radical (unpaired) electrons. The number of fused-ring (bicyclic) bond motifs is 2. The molecule has 4 rings (SSSR count). The Morgan fingerprint density at radius 2 is 1.71 bits per heavy atom. The summed E-state index contributed by atoms with van der Waals surface area (Å²) in [5, 5.41) is 11.4. The van der Waals surface area contributed by atoms with Gasteiger partial charge in [0.15, 0.2) is 5.54 Å². The summed E-state index contributed by atoms with van der Waals surface area (Å²) in [5.41, 5.74) is -0.504. The highest BCUT2D eigenvalue weighted by atomic mass is 16.5. The van der Waals surface area contributed by atoms with Crippen molar-refractivity contribution in [3.63, 3.8) is 0 Å². The van der Waals surface area contributed by atoms with Gasteiger partial charge in [-0.3, -0.25) is 14.4 Å². The SMILES string of the molecule is CCCOc1ccc(/C(O)=C2/C(=O)C(=O)N(CCCOC)C23C(=O)N(CC)c2ccccc23)cc1. The number of hydrogen-bond donors (Lipinski definition) is 1. The van der Waals surface area contributed by atoms with Crippen molar-refractivity contribution in [3.8, 4) is 5.75 Å². The van der Waals surface area contributed by atoms with Crippen LogP contribution in [0.1, 0.15) is 37.8 Å². The van der Waals surface area contributed by atoms with Crippen LogP contribution in [0.2, 0.25) is 0 Å². The van der Waals surface area contributed by atoms with Gasteiger partial charge in [-0.05, 0) is 50.1 Å². The number of carbonyl (C=O) groups is 3. The van der Waals surface area contributed by atoms with Gasteiger partial charge in [0.05, 0.1) is 17.9 Å². The Bertz CT molecular complexity index is 1170. The topological polar surface area (TPSA) is 96.4 Å². The van der Waals surface area contributed by atoms with Crippen LogP contribution in [0.15, 0.2) is 54.1 Å². The molecule has 2 amide bonds. The third-order valence-electron chi connectivity index (χ3n) is 6.46. The molecule has 2 heterocycles. The number of likely N-dealkylation sites (tertiary alicyclic amines) is 1. The van der Waals surface area contributed by atoms with Crippen molar-refractivity contribution in [1.29, 1.82) is 0 Å². The number of likely N-dealkylation sites (N-methyl/N-ethyl adjacent to an activating group) is 1. The molecule has 8 nitrogen and oxygen atoms in total. The summed E-state index contributed by atoms with van der Waals surface area (Å²) in [5.74, 6) is -1.89. The van der Waals surface area contributed by atoms with E-state index in [1.807, 2.05) is 13.8 Å². The zero-order chi connectivity index (χ0) is 25.2. The fraction of sp³-hybridized carbons (Fsp3) is 0.370. The summed E-state index contributed by atoms with van der Waals surface area (Å²) in [7, 11) is 1.55. The second-order valence-electron chi connectivity index (χ2n) is 8.51. The minimum atomic E-state index is -1.74. The van der Waals surface area contributed by atoms with Crippen LogP contribution in [0.25, 0.3) is 5.76 Å². The van der Waals surface area contributed by atoms with E-state index in [4.69, 9.17) is 9.47 Å². The lowest BCUT2D eigenvalue weighted by Gasteiger charge is -2.34. The number of carbonyl (C=O) groups excluding carboxylic acids is 3. The van der Waals surface area contributed by atoms with Crippen LogP contribution in [-0.4, -0.2) is 61.0 Å². The van der Waals surface area contributed by atoms with Gasteiger partial charge in [0.1, 0.15) is 11.5 Å². The van der Waals surface area contributed by atoms with Crippen molar-refractivity contribution in [2.45, 2.75) is 32.2 Å². The maximum Gasteiger partial charge on any atom is 0.296 e. The molecule has 1 N–H and O–H groups in total. The minimum Gasteiger partial charge on any atom is -0.507 e. The third kappa shape index (κ3) is 3.78. The second kappa shape index (κ2) is 9.92. The van der Waals surface area contributed by atoms with Crippen molar-refractivity contribution in [3.05, 3.63) is 65.2 Å². The number of hydrogen-bond acceptors (Lipinski definition) is 6. The Morgan fingerprint density at radius 3 is 2.37 bits per heavy atom. The average Bonchev–Trinajstić information content (AvgIpc) is 3.25. The molecule has 1 fully saturated rings. The van der Waals surface area contributed by atoms with Crippen LogP contribution in [0, 0.1) is 0 Å². The Balaban J connectivity index is 1.93. The number of anilines is 1. The van der Waals surface area contributed by atoms with Gasteiger partial charge >= 0.3 is 0 Å². The van der Waals surface area contributed by atoms with E-state index in [1.54, 1.807) is 60.5 Å². The van der Waals surface area contributed by atoms with Crippen molar-refractivity contribution in [2.24, 2.45) is 0 Å². The molecule has 1 atom stereocenters. The Morgan fingerprint density at radius 1 is 1.00 bits per heavy atom. The van der Waals surface area contributed by atoms with E-state index in [9.17, 15) is 19.5 Å². The van der Waals surface area contributed by atoms with E-state index >= 15 is 0 Å². The fourth-order valence-corrected chi connectivity index (χ4v) is 4.92. The van der Waals surface area contributed by atoms with Crippen LogP contribution < -0.4 is 9.64 Å². The molecule has 2 aromatic rings. The number of aliphatic hydroxyl groups is 1. The number of ketones is 1. The number of ether oxygens (including phenoxy) is 2. The molecule has 0 bridgehead atoms. The standard InChI is InChI=1S/C27H30N2O6/c1-4-16-35-19-13-11-18(12-14-19)23(30)22-24(31)25(32)29(15-8-17-34-3)27(22)20-9-6-7-10-21(20)28(5-2)26(27)33/h6-7,9-14,30H,4-5,8,15-17H2,1-3H3/b23-22+. The van der Waals surface area contributed by atoms with Crippen molar-refractivity contribution in [2.75, 3.05) is 38.3 Å². The zero-order valence-corrected chi connectivity index (χ0v) is 20.2. The first-order valence-corrected chi connectivity index (χ1v) is 11.9. The van der Waals surface area contributed by atoms with E-state index < -0.39 is 23.1 Å². The minimum absolute atomic E-state index is 0.122.